The van der Waals surface area contributed by atoms with E-state index in [4.69, 9.17) is 4.74 Å². The average Bonchev–Trinajstić information content (AvgIpc) is 3.35. The normalized spacial score (nSPS) is 22.4. The summed E-state index contributed by atoms with van der Waals surface area (Å²) in [7, 11) is -3.56. The van der Waals surface area contributed by atoms with E-state index in [1.165, 1.54) is 17.3 Å². The Bertz CT molecular complexity index is 916. The van der Waals surface area contributed by atoms with Gasteiger partial charge in [-0.2, -0.15) is 9.40 Å². The number of aromatic nitrogens is 2. The molecule has 2 aromatic rings. The summed E-state index contributed by atoms with van der Waals surface area (Å²) in [4.78, 5) is 0.297. The minimum Gasteiger partial charge on any atom is -0.381 e. The topological polar surface area (TPSA) is 64.4 Å². The molecule has 2 fully saturated rings. The first-order valence-electron chi connectivity index (χ1n) is 9.68. The third-order valence-corrected chi connectivity index (χ3v) is 7.82. The second-order valence-corrected chi connectivity index (χ2v) is 9.45. The molecule has 27 heavy (non-hydrogen) atoms. The standard InChI is InChI=1S/C20H27N3O3S/c1-15-5-3-6-19(16(15)2)20-7-4-10-23(20)27(24,25)18-13-21-22(14-18)17-8-11-26-12-9-17/h3,5-6,13-14,17,20H,4,7-12H2,1-2H3. The molecule has 7 heteroatoms. The predicted octanol–water partition coefficient (Wildman–Crippen LogP) is 3.38. The number of benzene rings is 1. The van der Waals surface area contributed by atoms with Gasteiger partial charge in [-0.25, -0.2) is 8.42 Å². The first-order valence-corrected chi connectivity index (χ1v) is 11.1. The summed E-state index contributed by atoms with van der Waals surface area (Å²) in [5.41, 5.74) is 3.50. The Hall–Kier alpha value is -1.70. The second kappa shape index (κ2) is 7.37. The number of hydrogen-bond donors (Lipinski definition) is 0. The zero-order valence-electron chi connectivity index (χ0n) is 16.0. The molecular formula is C20H27N3O3S. The highest BCUT2D eigenvalue weighted by Gasteiger charge is 2.37. The van der Waals surface area contributed by atoms with Gasteiger partial charge in [-0.1, -0.05) is 18.2 Å². The summed E-state index contributed by atoms with van der Waals surface area (Å²) in [6, 6.07) is 6.28. The number of rotatable bonds is 4. The Morgan fingerprint density at radius 2 is 1.93 bits per heavy atom. The van der Waals surface area contributed by atoms with Gasteiger partial charge in [0.05, 0.1) is 18.3 Å². The highest BCUT2D eigenvalue weighted by molar-refractivity contribution is 7.89. The van der Waals surface area contributed by atoms with E-state index in [0.717, 1.165) is 31.2 Å². The van der Waals surface area contributed by atoms with Crippen LogP contribution in [0.2, 0.25) is 0 Å². The first-order chi connectivity index (χ1) is 13.0. The van der Waals surface area contributed by atoms with Crippen molar-refractivity contribution in [3.05, 3.63) is 47.3 Å². The van der Waals surface area contributed by atoms with Gasteiger partial charge < -0.3 is 4.74 Å². The van der Waals surface area contributed by atoms with Gasteiger partial charge in [0.2, 0.25) is 10.0 Å². The highest BCUT2D eigenvalue weighted by Crippen LogP contribution is 2.38. The van der Waals surface area contributed by atoms with Gasteiger partial charge in [-0.05, 0) is 56.2 Å². The lowest BCUT2D eigenvalue weighted by molar-refractivity contribution is 0.0662. The monoisotopic (exact) mass is 389 g/mol. The summed E-state index contributed by atoms with van der Waals surface area (Å²) in [6.07, 6.45) is 6.68. The molecular weight excluding hydrogens is 362 g/mol. The molecule has 1 unspecified atom stereocenters. The smallest absolute Gasteiger partial charge is 0.246 e. The molecule has 0 radical (unpaired) electrons. The predicted molar refractivity (Wildman–Crippen MR) is 103 cm³/mol. The van der Waals surface area contributed by atoms with Gasteiger partial charge in [0.25, 0.3) is 0 Å². The lowest BCUT2D eigenvalue weighted by Gasteiger charge is -2.26. The molecule has 2 saturated heterocycles. The van der Waals surface area contributed by atoms with Crippen LogP contribution in [0.3, 0.4) is 0 Å². The Labute approximate surface area is 161 Å². The lowest BCUT2D eigenvalue weighted by Crippen LogP contribution is -2.31. The van der Waals surface area contributed by atoms with E-state index in [9.17, 15) is 8.42 Å². The molecule has 0 aliphatic carbocycles. The van der Waals surface area contributed by atoms with Crippen molar-refractivity contribution < 1.29 is 13.2 Å². The van der Waals surface area contributed by atoms with Crippen molar-refractivity contribution in [2.24, 2.45) is 0 Å². The third kappa shape index (κ3) is 3.44. The number of nitrogens with zero attached hydrogens (tertiary/aromatic N) is 3. The van der Waals surface area contributed by atoms with E-state index in [-0.39, 0.29) is 12.1 Å². The average molecular weight is 390 g/mol. The van der Waals surface area contributed by atoms with Crippen LogP contribution in [0.15, 0.2) is 35.5 Å². The van der Waals surface area contributed by atoms with Crippen LogP contribution in [-0.4, -0.2) is 42.3 Å². The van der Waals surface area contributed by atoms with Crippen LogP contribution in [-0.2, 0) is 14.8 Å². The van der Waals surface area contributed by atoms with Crippen LogP contribution < -0.4 is 0 Å². The Morgan fingerprint density at radius 3 is 2.70 bits per heavy atom. The Morgan fingerprint density at radius 1 is 1.15 bits per heavy atom. The first kappa shape index (κ1) is 18.7. The van der Waals surface area contributed by atoms with E-state index in [1.807, 2.05) is 6.07 Å². The fourth-order valence-corrected chi connectivity index (χ4v) is 5.83. The van der Waals surface area contributed by atoms with Crippen molar-refractivity contribution in [1.29, 1.82) is 0 Å². The van der Waals surface area contributed by atoms with Gasteiger partial charge in [0.15, 0.2) is 0 Å². The minimum absolute atomic E-state index is 0.0960. The molecule has 3 heterocycles. The molecule has 0 bridgehead atoms. The van der Waals surface area contributed by atoms with Crippen LogP contribution in [0, 0.1) is 13.8 Å². The van der Waals surface area contributed by atoms with Gasteiger partial charge in [0.1, 0.15) is 4.90 Å². The summed E-state index contributed by atoms with van der Waals surface area (Å²) < 4.78 is 35.6. The largest absolute Gasteiger partial charge is 0.381 e. The molecule has 4 rings (SSSR count). The third-order valence-electron chi connectivity index (χ3n) is 5.96. The number of sulfonamides is 1. The number of aryl methyl sites for hydroxylation is 1. The Kier molecular flexibility index (Phi) is 5.09. The van der Waals surface area contributed by atoms with Crippen molar-refractivity contribution in [1.82, 2.24) is 14.1 Å². The van der Waals surface area contributed by atoms with Gasteiger partial charge >= 0.3 is 0 Å². The van der Waals surface area contributed by atoms with E-state index < -0.39 is 10.0 Å². The molecule has 0 N–H and O–H groups in total. The second-order valence-electron chi connectivity index (χ2n) is 7.56. The summed E-state index contributed by atoms with van der Waals surface area (Å²) in [5.74, 6) is 0. The van der Waals surface area contributed by atoms with Crippen molar-refractivity contribution in [2.45, 2.75) is 56.5 Å². The maximum atomic E-state index is 13.4. The summed E-state index contributed by atoms with van der Waals surface area (Å²) in [5, 5.41) is 4.36. The summed E-state index contributed by atoms with van der Waals surface area (Å²) >= 11 is 0. The van der Waals surface area contributed by atoms with Crippen molar-refractivity contribution >= 4 is 10.0 Å². The van der Waals surface area contributed by atoms with Crippen molar-refractivity contribution in [3.63, 3.8) is 0 Å². The highest BCUT2D eigenvalue weighted by atomic mass is 32.2. The molecule has 1 aromatic carbocycles. The number of ether oxygens (including phenoxy) is 1. The van der Waals surface area contributed by atoms with E-state index in [1.54, 1.807) is 15.2 Å². The molecule has 6 nitrogen and oxygen atoms in total. The maximum absolute atomic E-state index is 13.4. The molecule has 0 amide bonds. The zero-order valence-corrected chi connectivity index (χ0v) is 16.8. The van der Waals surface area contributed by atoms with Gasteiger partial charge in [-0.15, -0.1) is 0 Å². The maximum Gasteiger partial charge on any atom is 0.246 e. The Balaban J connectivity index is 1.63. The SMILES string of the molecule is Cc1cccc(C2CCCN2S(=O)(=O)c2cnn(C3CCOCC3)c2)c1C. The van der Waals surface area contributed by atoms with Crippen LogP contribution in [0.5, 0.6) is 0 Å². The number of hydrogen-bond acceptors (Lipinski definition) is 4. The molecule has 146 valence electrons. The van der Waals surface area contributed by atoms with E-state index in [2.05, 4.69) is 31.1 Å². The zero-order chi connectivity index (χ0) is 19.0. The van der Waals surface area contributed by atoms with Crippen molar-refractivity contribution in [3.8, 4) is 0 Å². The van der Waals surface area contributed by atoms with Gasteiger partial charge in [-0.3, -0.25) is 4.68 Å². The van der Waals surface area contributed by atoms with Crippen LogP contribution in [0.25, 0.3) is 0 Å². The fraction of sp³-hybridized carbons (Fsp3) is 0.550. The van der Waals surface area contributed by atoms with E-state index in [0.29, 0.717) is 24.7 Å². The minimum atomic E-state index is -3.56. The van der Waals surface area contributed by atoms with Crippen LogP contribution in [0.4, 0.5) is 0 Å². The molecule has 0 saturated carbocycles. The van der Waals surface area contributed by atoms with Gasteiger partial charge in [0, 0.05) is 26.0 Å². The van der Waals surface area contributed by atoms with Crippen LogP contribution in [0.1, 0.15) is 54.5 Å². The van der Waals surface area contributed by atoms with Crippen molar-refractivity contribution in [2.75, 3.05) is 19.8 Å². The molecule has 1 aromatic heterocycles. The molecule has 2 aliphatic heterocycles. The fourth-order valence-electron chi connectivity index (χ4n) is 4.21. The molecule has 1 atom stereocenters. The lowest BCUT2D eigenvalue weighted by atomic mass is 9.97. The molecule has 0 spiro atoms. The molecule has 2 aliphatic rings. The van der Waals surface area contributed by atoms with Crippen LogP contribution >= 0.6 is 0 Å². The summed E-state index contributed by atoms with van der Waals surface area (Å²) in [6.45, 7) is 6.12. The quantitative estimate of drug-likeness (QED) is 0.804. The van der Waals surface area contributed by atoms with E-state index >= 15 is 0 Å².